The molecule has 0 bridgehead atoms. The minimum atomic E-state index is -3.62. The summed E-state index contributed by atoms with van der Waals surface area (Å²) in [6.07, 6.45) is 0. The highest BCUT2D eigenvalue weighted by Gasteiger charge is 2.25. The lowest BCUT2D eigenvalue weighted by Gasteiger charge is -2.31. The molecule has 0 radical (unpaired) electrons. The van der Waals surface area contributed by atoms with Crippen LogP contribution < -0.4 is 4.72 Å². The molecule has 1 aliphatic heterocycles. The molecule has 140 valence electrons. The van der Waals surface area contributed by atoms with Gasteiger partial charge in [0.1, 0.15) is 0 Å². The lowest BCUT2D eigenvalue weighted by Crippen LogP contribution is -2.43. The van der Waals surface area contributed by atoms with Crippen molar-refractivity contribution in [2.24, 2.45) is 0 Å². The number of morpholine rings is 1. The molecule has 5 nitrogen and oxygen atoms in total. The lowest BCUT2D eigenvalue weighted by molar-refractivity contribution is 0.0345. The van der Waals surface area contributed by atoms with E-state index in [2.05, 4.69) is 9.62 Å². The van der Waals surface area contributed by atoms with E-state index in [0.29, 0.717) is 24.7 Å². The van der Waals surface area contributed by atoms with E-state index in [-0.39, 0.29) is 6.04 Å². The van der Waals surface area contributed by atoms with E-state index < -0.39 is 10.0 Å². The van der Waals surface area contributed by atoms with Crippen LogP contribution in [0.3, 0.4) is 0 Å². The zero-order chi connectivity index (χ0) is 18.6. The van der Waals surface area contributed by atoms with Crippen molar-refractivity contribution in [2.45, 2.75) is 24.8 Å². The zero-order valence-electron chi connectivity index (χ0n) is 15.3. The van der Waals surface area contributed by atoms with Crippen molar-refractivity contribution < 1.29 is 13.2 Å². The van der Waals surface area contributed by atoms with Crippen LogP contribution in [0.15, 0.2) is 53.4 Å². The third-order valence-electron chi connectivity index (χ3n) is 4.68. The fourth-order valence-corrected chi connectivity index (χ4v) is 4.73. The second-order valence-corrected chi connectivity index (χ2v) is 8.45. The summed E-state index contributed by atoms with van der Waals surface area (Å²) < 4.78 is 34.5. The summed E-state index contributed by atoms with van der Waals surface area (Å²) in [6.45, 7) is 7.35. The second-order valence-electron chi connectivity index (χ2n) is 6.77. The minimum absolute atomic E-state index is 0.306. The van der Waals surface area contributed by atoms with E-state index in [1.165, 1.54) is 0 Å². The highest BCUT2D eigenvalue weighted by molar-refractivity contribution is 7.89. The van der Waals surface area contributed by atoms with Gasteiger partial charge in [0.05, 0.1) is 24.2 Å². The molecule has 0 spiro atoms. The second kappa shape index (κ2) is 8.31. The molecule has 0 aliphatic carbocycles. The summed E-state index contributed by atoms with van der Waals surface area (Å²) >= 11 is 0. The third-order valence-corrected chi connectivity index (χ3v) is 6.29. The molecule has 1 N–H and O–H groups in total. The number of aryl methyl sites for hydroxylation is 2. The van der Waals surface area contributed by atoms with Crippen molar-refractivity contribution in [3.63, 3.8) is 0 Å². The first-order valence-corrected chi connectivity index (χ1v) is 10.4. The Morgan fingerprint density at radius 3 is 2.46 bits per heavy atom. The molecular weight excluding hydrogens is 348 g/mol. The van der Waals surface area contributed by atoms with Gasteiger partial charge in [-0.3, -0.25) is 4.90 Å². The topological polar surface area (TPSA) is 58.6 Å². The van der Waals surface area contributed by atoms with Crippen molar-refractivity contribution in [2.75, 3.05) is 32.8 Å². The van der Waals surface area contributed by atoms with Gasteiger partial charge in [0.2, 0.25) is 10.0 Å². The Bertz CT molecular complexity index is 831. The number of nitrogens with zero attached hydrogens (tertiary/aromatic N) is 1. The Morgan fingerprint density at radius 1 is 1.08 bits per heavy atom. The quantitative estimate of drug-likeness (QED) is 0.845. The number of hydrogen-bond acceptors (Lipinski definition) is 4. The average molecular weight is 375 g/mol. The van der Waals surface area contributed by atoms with Gasteiger partial charge in [-0.1, -0.05) is 42.5 Å². The maximum absolute atomic E-state index is 13.1. The summed E-state index contributed by atoms with van der Waals surface area (Å²) in [5, 5.41) is 0. The predicted octanol–water partition coefficient (Wildman–Crippen LogP) is 2.66. The molecule has 6 heteroatoms. The maximum Gasteiger partial charge on any atom is 0.241 e. The van der Waals surface area contributed by atoms with Crippen molar-refractivity contribution in [3.05, 3.63) is 65.2 Å². The van der Waals surface area contributed by atoms with Crippen molar-refractivity contribution in [3.8, 4) is 0 Å². The Kier molecular flexibility index (Phi) is 6.09. The number of nitrogens with one attached hydrogen (secondary N) is 1. The molecule has 2 aromatic rings. The van der Waals surface area contributed by atoms with Crippen molar-refractivity contribution >= 4 is 10.0 Å². The zero-order valence-corrected chi connectivity index (χ0v) is 16.1. The summed E-state index contributed by atoms with van der Waals surface area (Å²) in [7, 11) is -3.62. The van der Waals surface area contributed by atoms with Gasteiger partial charge in [-0.15, -0.1) is 0 Å². The van der Waals surface area contributed by atoms with Gasteiger partial charge in [-0.25, -0.2) is 13.1 Å². The summed E-state index contributed by atoms with van der Waals surface area (Å²) in [5.41, 5.74) is 2.65. The van der Waals surface area contributed by atoms with Gasteiger partial charge in [-0.05, 0) is 36.6 Å². The van der Waals surface area contributed by atoms with Gasteiger partial charge in [-0.2, -0.15) is 0 Å². The Labute approximate surface area is 156 Å². The first kappa shape index (κ1) is 19.0. The smallest absolute Gasteiger partial charge is 0.241 e. The molecule has 1 fully saturated rings. The Balaban J connectivity index is 1.87. The fraction of sp³-hybridized carbons (Fsp3) is 0.400. The summed E-state index contributed by atoms with van der Waals surface area (Å²) in [4.78, 5) is 2.59. The SMILES string of the molecule is Cc1ccc(C)c(S(=O)(=O)N[C@H](CN2CCOCC2)c2ccccc2)c1. The molecule has 0 aromatic heterocycles. The van der Waals surface area contributed by atoms with Crippen LogP contribution in [0.25, 0.3) is 0 Å². The molecule has 26 heavy (non-hydrogen) atoms. The van der Waals surface area contributed by atoms with Crippen LogP contribution in [0.1, 0.15) is 22.7 Å². The molecule has 1 atom stereocenters. The van der Waals surface area contributed by atoms with Crippen LogP contribution in [-0.4, -0.2) is 46.2 Å². The number of ether oxygens (including phenoxy) is 1. The van der Waals surface area contributed by atoms with Gasteiger partial charge in [0.25, 0.3) is 0 Å². The van der Waals surface area contributed by atoms with Gasteiger partial charge in [0, 0.05) is 19.6 Å². The highest BCUT2D eigenvalue weighted by Crippen LogP contribution is 2.22. The molecule has 3 rings (SSSR count). The number of rotatable bonds is 6. The predicted molar refractivity (Wildman–Crippen MR) is 103 cm³/mol. The number of benzene rings is 2. The number of hydrogen-bond donors (Lipinski definition) is 1. The van der Waals surface area contributed by atoms with E-state index in [4.69, 9.17) is 4.74 Å². The van der Waals surface area contributed by atoms with Crippen molar-refractivity contribution in [1.82, 2.24) is 9.62 Å². The maximum atomic E-state index is 13.1. The van der Waals surface area contributed by atoms with Crippen molar-refractivity contribution in [1.29, 1.82) is 0 Å². The van der Waals surface area contributed by atoms with E-state index in [1.54, 1.807) is 6.07 Å². The molecule has 1 aliphatic rings. The molecular formula is C20H26N2O3S. The first-order valence-electron chi connectivity index (χ1n) is 8.90. The normalized spacial score (nSPS) is 17.2. The van der Waals surface area contributed by atoms with E-state index in [1.807, 2.05) is 56.3 Å². The van der Waals surface area contributed by atoms with Crippen LogP contribution >= 0.6 is 0 Å². The van der Waals surface area contributed by atoms with E-state index >= 15 is 0 Å². The Hall–Kier alpha value is -1.73. The highest BCUT2D eigenvalue weighted by atomic mass is 32.2. The summed E-state index contributed by atoms with van der Waals surface area (Å²) in [6, 6.07) is 15.0. The van der Waals surface area contributed by atoms with E-state index in [9.17, 15) is 8.42 Å². The standard InChI is InChI=1S/C20H26N2O3S/c1-16-8-9-17(2)20(14-16)26(23,24)21-19(18-6-4-3-5-7-18)15-22-10-12-25-13-11-22/h3-9,14,19,21H,10-13,15H2,1-2H3/t19-/m1/s1. The molecule has 0 saturated carbocycles. The fourth-order valence-electron chi connectivity index (χ4n) is 3.19. The van der Waals surface area contributed by atoms with Crippen LogP contribution in [0.2, 0.25) is 0 Å². The van der Waals surface area contributed by atoms with Crippen LogP contribution in [-0.2, 0) is 14.8 Å². The molecule has 1 heterocycles. The first-order chi connectivity index (χ1) is 12.5. The third kappa shape index (κ3) is 4.71. The van der Waals surface area contributed by atoms with Crippen LogP contribution in [0, 0.1) is 13.8 Å². The molecule has 2 aromatic carbocycles. The molecule has 0 unspecified atom stereocenters. The average Bonchev–Trinajstić information content (AvgIpc) is 2.64. The van der Waals surface area contributed by atoms with Crippen LogP contribution in [0.5, 0.6) is 0 Å². The van der Waals surface area contributed by atoms with Crippen LogP contribution in [0.4, 0.5) is 0 Å². The molecule has 1 saturated heterocycles. The lowest BCUT2D eigenvalue weighted by atomic mass is 10.1. The molecule has 0 amide bonds. The monoisotopic (exact) mass is 374 g/mol. The van der Waals surface area contributed by atoms with Gasteiger partial charge >= 0.3 is 0 Å². The van der Waals surface area contributed by atoms with E-state index in [0.717, 1.165) is 29.8 Å². The number of sulfonamides is 1. The Morgan fingerprint density at radius 2 is 1.77 bits per heavy atom. The van der Waals surface area contributed by atoms with Gasteiger partial charge < -0.3 is 4.74 Å². The summed E-state index contributed by atoms with van der Waals surface area (Å²) in [5.74, 6) is 0. The van der Waals surface area contributed by atoms with Gasteiger partial charge in [0.15, 0.2) is 0 Å². The largest absolute Gasteiger partial charge is 0.379 e. The minimum Gasteiger partial charge on any atom is -0.379 e.